The Bertz CT molecular complexity index is 780. The van der Waals surface area contributed by atoms with Crippen LogP contribution in [0.4, 0.5) is 11.4 Å². The Morgan fingerprint density at radius 1 is 1.08 bits per heavy atom. The van der Waals surface area contributed by atoms with E-state index in [9.17, 15) is 4.79 Å². The van der Waals surface area contributed by atoms with E-state index in [1.807, 2.05) is 30.3 Å². The molecular weight excluding hydrogens is 350 g/mol. The number of fused-ring (bicyclic) bond motifs is 1. The molecule has 5 nitrogen and oxygen atoms in total. The van der Waals surface area contributed by atoms with Crippen molar-refractivity contribution in [2.24, 2.45) is 0 Å². The molecule has 0 aromatic heterocycles. The standard InChI is InChI=1S/C20H22ClN3O2/c21-17-5-6-19(24-7-9-26-10-8-24)18(11-17)22-20(25)14-23-12-15-3-1-2-4-16(15)13-23/h1-6,11H,7-10,12-14H2,(H,22,25). The molecule has 2 heterocycles. The minimum absolute atomic E-state index is 0.0189. The Labute approximate surface area is 158 Å². The molecule has 1 N–H and O–H groups in total. The molecule has 0 saturated carbocycles. The Hall–Kier alpha value is -2.08. The third-order valence-corrected chi connectivity index (χ3v) is 5.09. The second-order valence-electron chi connectivity index (χ2n) is 6.72. The Morgan fingerprint density at radius 2 is 1.77 bits per heavy atom. The lowest BCUT2D eigenvalue weighted by atomic mass is 10.1. The molecule has 0 unspecified atom stereocenters. The molecule has 2 aromatic rings. The normalized spacial score (nSPS) is 17.2. The fraction of sp³-hybridized carbons (Fsp3) is 0.350. The van der Waals surface area contributed by atoms with Crippen molar-refractivity contribution < 1.29 is 9.53 Å². The average molecular weight is 372 g/mol. The first-order valence-electron chi connectivity index (χ1n) is 8.90. The first kappa shape index (κ1) is 17.3. The van der Waals surface area contributed by atoms with Crippen LogP contribution < -0.4 is 10.2 Å². The topological polar surface area (TPSA) is 44.8 Å². The molecule has 2 aliphatic heterocycles. The highest BCUT2D eigenvalue weighted by Crippen LogP contribution is 2.30. The lowest BCUT2D eigenvalue weighted by Gasteiger charge is -2.30. The number of ether oxygens (including phenoxy) is 1. The molecule has 0 bridgehead atoms. The minimum Gasteiger partial charge on any atom is -0.378 e. The zero-order valence-electron chi connectivity index (χ0n) is 14.6. The summed E-state index contributed by atoms with van der Waals surface area (Å²) in [5.74, 6) is -0.0189. The molecule has 6 heteroatoms. The summed E-state index contributed by atoms with van der Waals surface area (Å²) in [6.07, 6.45) is 0. The number of hydrogen-bond acceptors (Lipinski definition) is 4. The van der Waals surface area contributed by atoms with Crippen molar-refractivity contribution in [1.29, 1.82) is 0 Å². The molecule has 1 amide bonds. The Balaban J connectivity index is 1.43. The van der Waals surface area contributed by atoms with Gasteiger partial charge in [0.25, 0.3) is 0 Å². The van der Waals surface area contributed by atoms with Crippen molar-refractivity contribution in [2.75, 3.05) is 43.1 Å². The number of amides is 1. The Kier molecular flexibility index (Phi) is 5.11. The van der Waals surface area contributed by atoms with E-state index < -0.39 is 0 Å². The third kappa shape index (κ3) is 3.85. The van der Waals surface area contributed by atoms with E-state index in [0.29, 0.717) is 24.8 Å². The van der Waals surface area contributed by atoms with Gasteiger partial charge in [-0.05, 0) is 29.3 Å². The lowest BCUT2D eigenvalue weighted by Crippen LogP contribution is -2.37. The number of halogens is 1. The van der Waals surface area contributed by atoms with Crippen LogP contribution in [-0.4, -0.2) is 43.7 Å². The van der Waals surface area contributed by atoms with Gasteiger partial charge in [-0.25, -0.2) is 0 Å². The van der Waals surface area contributed by atoms with Crippen LogP contribution in [0.1, 0.15) is 11.1 Å². The molecule has 0 aliphatic carbocycles. The summed E-state index contributed by atoms with van der Waals surface area (Å²) in [7, 11) is 0. The quantitative estimate of drug-likeness (QED) is 0.896. The summed E-state index contributed by atoms with van der Waals surface area (Å²) < 4.78 is 5.42. The second-order valence-corrected chi connectivity index (χ2v) is 7.16. The molecule has 2 aliphatic rings. The van der Waals surface area contributed by atoms with Crippen LogP contribution in [0.5, 0.6) is 0 Å². The van der Waals surface area contributed by atoms with Gasteiger partial charge in [0.05, 0.1) is 31.1 Å². The molecule has 0 spiro atoms. The van der Waals surface area contributed by atoms with E-state index in [2.05, 4.69) is 27.2 Å². The molecule has 0 radical (unpaired) electrons. The van der Waals surface area contributed by atoms with E-state index in [4.69, 9.17) is 16.3 Å². The maximum atomic E-state index is 12.6. The number of benzene rings is 2. The zero-order valence-corrected chi connectivity index (χ0v) is 15.3. The summed E-state index contributed by atoms with van der Waals surface area (Å²) in [5, 5.41) is 3.67. The maximum absolute atomic E-state index is 12.6. The lowest BCUT2D eigenvalue weighted by molar-refractivity contribution is -0.117. The van der Waals surface area contributed by atoms with Gasteiger partial charge in [-0.2, -0.15) is 0 Å². The number of hydrogen-bond donors (Lipinski definition) is 1. The number of rotatable bonds is 4. The van der Waals surface area contributed by atoms with Crippen molar-refractivity contribution in [3.8, 4) is 0 Å². The first-order chi connectivity index (χ1) is 12.7. The summed E-state index contributed by atoms with van der Waals surface area (Å²) in [6, 6.07) is 14.0. The smallest absolute Gasteiger partial charge is 0.238 e. The fourth-order valence-corrected chi connectivity index (χ4v) is 3.77. The van der Waals surface area contributed by atoms with Gasteiger partial charge in [-0.3, -0.25) is 9.69 Å². The van der Waals surface area contributed by atoms with E-state index in [0.717, 1.165) is 37.6 Å². The molecule has 2 aromatic carbocycles. The predicted molar refractivity (Wildman–Crippen MR) is 104 cm³/mol. The second kappa shape index (κ2) is 7.66. The van der Waals surface area contributed by atoms with Crippen molar-refractivity contribution in [3.63, 3.8) is 0 Å². The number of carbonyl (C=O) groups excluding carboxylic acids is 1. The maximum Gasteiger partial charge on any atom is 0.238 e. The van der Waals surface area contributed by atoms with Gasteiger partial charge in [-0.15, -0.1) is 0 Å². The summed E-state index contributed by atoms with van der Waals surface area (Å²) >= 11 is 6.17. The van der Waals surface area contributed by atoms with Gasteiger partial charge < -0.3 is 15.0 Å². The largest absolute Gasteiger partial charge is 0.378 e. The van der Waals surface area contributed by atoms with E-state index in [-0.39, 0.29) is 5.91 Å². The van der Waals surface area contributed by atoms with Crippen LogP contribution in [0.25, 0.3) is 0 Å². The molecule has 136 valence electrons. The first-order valence-corrected chi connectivity index (χ1v) is 9.28. The van der Waals surface area contributed by atoms with E-state index >= 15 is 0 Å². The number of anilines is 2. The van der Waals surface area contributed by atoms with Gasteiger partial charge >= 0.3 is 0 Å². The molecular formula is C20H22ClN3O2. The van der Waals surface area contributed by atoms with Crippen LogP contribution in [0.3, 0.4) is 0 Å². The minimum atomic E-state index is -0.0189. The fourth-order valence-electron chi connectivity index (χ4n) is 3.60. The SMILES string of the molecule is O=C(CN1Cc2ccccc2C1)Nc1cc(Cl)ccc1N1CCOCC1. The highest BCUT2D eigenvalue weighted by atomic mass is 35.5. The van der Waals surface area contributed by atoms with Gasteiger partial charge in [0.15, 0.2) is 0 Å². The number of carbonyl (C=O) groups is 1. The van der Waals surface area contributed by atoms with Crippen LogP contribution in [-0.2, 0) is 22.6 Å². The molecule has 4 rings (SSSR count). The number of morpholine rings is 1. The van der Waals surface area contributed by atoms with E-state index in [1.165, 1.54) is 11.1 Å². The van der Waals surface area contributed by atoms with Crippen LogP contribution >= 0.6 is 11.6 Å². The van der Waals surface area contributed by atoms with Crippen molar-refractivity contribution >= 4 is 28.9 Å². The average Bonchev–Trinajstić information content (AvgIpc) is 3.04. The van der Waals surface area contributed by atoms with Crippen molar-refractivity contribution in [3.05, 3.63) is 58.6 Å². The molecule has 0 atom stereocenters. The molecule has 1 fully saturated rings. The third-order valence-electron chi connectivity index (χ3n) is 4.86. The highest BCUT2D eigenvalue weighted by Gasteiger charge is 2.22. The zero-order chi connectivity index (χ0) is 17.9. The number of nitrogens with zero attached hydrogens (tertiary/aromatic N) is 2. The van der Waals surface area contributed by atoms with E-state index in [1.54, 1.807) is 0 Å². The van der Waals surface area contributed by atoms with Crippen LogP contribution in [0, 0.1) is 0 Å². The summed E-state index contributed by atoms with van der Waals surface area (Å²) in [6.45, 7) is 5.01. The van der Waals surface area contributed by atoms with Gasteiger partial charge in [0.2, 0.25) is 5.91 Å². The predicted octanol–water partition coefficient (Wildman–Crippen LogP) is 3.13. The van der Waals surface area contributed by atoms with Crippen molar-refractivity contribution in [2.45, 2.75) is 13.1 Å². The van der Waals surface area contributed by atoms with Gasteiger partial charge in [0, 0.05) is 31.2 Å². The highest BCUT2D eigenvalue weighted by molar-refractivity contribution is 6.31. The van der Waals surface area contributed by atoms with Gasteiger partial charge in [-0.1, -0.05) is 35.9 Å². The summed E-state index contributed by atoms with van der Waals surface area (Å²) in [5.41, 5.74) is 4.37. The van der Waals surface area contributed by atoms with Crippen LogP contribution in [0.15, 0.2) is 42.5 Å². The summed E-state index contributed by atoms with van der Waals surface area (Å²) in [4.78, 5) is 17.0. The van der Waals surface area contributed by atoms with Crippen LogP contribution in [0.2, 0.25) is 5.02 Å². The molecule has 1 saturated heterocycles. The Morgan fingerprint density at radius 3 is 2.46 bits per heavy atom. The van der Waals surface area contributed by atoms with Crippen molar-refractivity contribution in [1.82, 2.24) is 4.90 Å². The van der Waals surface area contributed by atoms with Gasteiger partial charge in [0.1, 0.15) is 0 Å². The monoisotopic (exact) mass is 371 g/mol. The number of nitrogens with one attached hydrogen (secondary N) is 1. The molecule has 26 heavy (non-hydrogen) atoms.